The summed E-state index contributed by atoms with van der Waals surface area (Å²) in [5.41, 5.74) is 1.93. The van der Waals surface area contributed by atoms with Crippen molar-refractivity contribution in [1.29, 1.82) is 0 Å². The molecule has 1 rings (SSSR count). The van der Waals surface area contributed by atoms with Crippen molar-refractivity contribution in [2.75, 3.05) is 32.7 Å². The van der Waals surface area contributed by atoms with Crippen molar-refractivity contribution in [2.45, 2.75) is 46.5 Å². The summed E-state index contributed by atoms with van der Waals surface area (Å²) in [6, 6.07) is 0. The number of nitrogens with one attached hydrogen (secondary N) is 1. The third-order valence-corrected chi connectivity index (χ3v) is 4.27. The molecule has 2 heteroatoms. The Balaban J connectivity index is 2.27. The fraction of sp³-hybridized carbons (Fsp3) is 0.867. The van der Waals surface area contributed by atoms with E-state index in [2.05, 4.69) is 37.6 Å². The molecule has 0 aromatic rings. The first-order valence-electron chi connectivity index (χ1n) is 7.25. The van der Waals surface area contributed by atoms with Crippen LogP contribution in [0.2, 0.25) is 0 Å². The Morgan fingerprint density at radius 3 is 2.53 bits per heavy atom. The summed E-state index contributed by atoms with van der Waals surface area (Å²) in [6.07, 6.45) is 5.21. The maximum Gasteiger partial charge on any atom is 0.0203 e. The van der Waals surface area contributed by atoms with Crippen LogP contribution in [0.3, 0.4) is 0 Å². The summed E-state index contributed by atoms with van der Waals surface area (Å²) < 4.78 is 0. The highest BCUT2D eigenvalue weighted by Gasteiger charge is 2.34. The second-order valence-electron chi connectivity index (χ2n) is 5.59. The molecule has 1 fully saturated rings. The van der Waals surface area contributed by atoms with Crippen molar-refractivity contribution in [3.63, 3.8) is 0 Å². The number of hydrogen-bond donors (Lipinski definition) is 1. The van der Waals surface area contributed by atoms with Crippen molar-refractivity contribution >= 4 is 0 Å². The maximum atomic E-state index is 4.19. The lowest BCUT2D eigenvalue weighted by atomic mass is 9.82. The SMILES string of the molecule is C=C(CNCCC)CN1CCC(CC)(CC)C1. The summed E-state index contributed by atoms with van der Waals surface area (Å²) in [5.74, 6) is 0. The second kappa shape index (κ2) is 7.17. The van der Waals surface area contributed by atoms with Gasteiger partial charge in [0.25, 0.3) is 0 Å². The van der Waals surface area contributed by atoms with E-state index in [0.29, 0.717) is 5.41 Å². The first-order valence-corrected chi connectivity index (χ1v) is 7.25. The molecule has 1 saturated heterocycles. The first kappa shape index (κ1) is 14.7. The molecule has 2 nitrogen and oxygen atoms in total. The molecule has 1 aliphatic heterocycles. The Kier molecular flexibility index (Phi) is 6.21. The van der Waals surface area contributed by atoms with Gasteiger partial charge in [0.2, 0.25) is 0 Å². The summed E-state index contributed by atoms with van der Waals surface area (Å²) in [5, 5.41) is 3.43. The normalized spacial score (nSPS) is 19.7. The molecule has 100 valence electrons. The van der Waals surface area contributed by atoms with E-state index in [-0.39, 0.29) is 0 Å². The monoisotopic (exact) mass is 238 g/mol. The van der Waals surface area contributed by atoms with Crippen molar-refractivity contribution in [3.8, 4) is 0 Å². The van der Waals surface area contributed by atoms with Gasteiger partial charge in [-0.25, -0.2) is 0 Å². The molecule has 0 atom stereocenters. The van der Waals surface area contributed by atoms with E-state index in [1.165, 1.54) is 44.3 Å². The van der Waals surface area contributed by atoms with Gasteiger partial charge < -0.3 is 5.32 Å². The van der Waals surface area contributed by atoms with Gasteiger partial charge in [0, 0.05) is 19.6 Å². The highest BCUT2D eigenvalue weighted by Crippen LogP contribution is 2.36. The zero-order chi connectivity index (χ0) is 12.7. The summed E-state index contributed by atoms with van der Waals surface area (Å²) >= 11 is 0. The lowest BCUT2D eigenvalue weighted by molar-refractivity contribution is 0.249. The van der Waals surface area contributed by atoms with Gasteiger partial charge in [-0.2, -0.15) is 0 Å². The molecule has 0 aromatic heterocycles. The average Bonchev–Trinajstić information content (AvgIpc) is 2.73. The minimum Gasteiger partial charge on any atom is -0.313 e. The first-order chi connectivity index (χ1) is 8.15. The minimum atomic E-state index is 0.594. The third kappa shape index (κ3) is 4.44. The summed E-state index contributed by atoms with van der Waals surface area (Å²) in [6.45, 7) is 16.8. The lowest BCUT2D eigenvalue weighted by Gasteiger charge is -2.26. The van der Waals surface area contributed by atoms with E-state index < -0.39 is 0 Å². The molecule has 0 amide bonds. The lowest BCUT2D eigenvalue weighted by Crippen LogP contribution is -2.30. The van der Waals surface area contributed by atoms with Crippen LogP contribution in [-0.4, -0.2) is 37.6 Å². The van der Waals surface area contributed by atoms with Crippen LogP contribution < -0.4 is 5.32 Å². The van der Waals surface area contributed by atoms with Crippen molar-refractivity contribution in [2.24, 2.45) is 5.41 Å². The van der Waals surface area contributed by atoms with Crippen molar-refractivity contribution < 1.29 is 0 Å². The molecule has 0 bridgehead atoms. The quantitative estimate of drug-likeness (QED) is 0.516. The molecular weight excluding hydrogens is 208 g/mol. The van der Waals surface area contributed by atoms with E-state index >= 15 is 0 Å². The van der Waals surface area contributed by atoms with Crippen LogP contribution in [0.5, 0.6) is 0 Å². The Morgan fingerprint density at radius 2 is 2.00 bits per heavy atom. The van der Waals surface area contributed by atoms with Crippen molar-refractivity contribution in [1.82, 2.24) is 10.2 Å². The number of likely N-dealkylation sites (tertiary alicyclic amines) is 1. The predicted molar refractivity (Wildman–Crippen MR) is 76.4 cm³/mol. The van der Waals surface area contributed by atoms with Crippen LogP contribution in [0.15, 0.2) is 12.2 Å². The van der Waals surface area contributed by atoms with Crippen LogP contribution in [0.1, 0.15) is 46.5 Å². The molecule has 0 radical (unpaired) electrons. The molecule has 0 unspecified atom stereocenters. The predicted octanol–water partition coefficient (Wildman–Crippen LogP) is 3.05. The van der Waals surface area contributed by atoms with Crippen molar-refractivity contribution in [3.05, 3.63) is 12.2 Å². The Bertz CT molecular complexity index is 231. The van der Waals surface area contributed by atoms with Gasteiger partial charge in [-0.05, 0) is 49.8 Å². The van der Waals surface area contributed by atoms with Crippen LogP contribution >= 0.6 is 0 Å². The number of rotatable bonds is 8. The largest absolute Gasteiger partial charge is 0.313 e. The smallest absolute Gasteiger partial charge is 0.0203 e. The standard InChI is InChI=1S/C15H30N2/c1-5-9-16-11-14(4)12-17-10-8-15(6-2,7-3)13-17/h16H,4-13H2,1-3H3. The van der Waals surface area contributed by atoms with Crippen LogP contribution in [0.4, 0.5) is 0 Å². The fourth-order valence-corrected chi connectivity index (χ4v) is 2.80. The Hall–Kier alpha value is -0.340. The van der Waals surface area contributed by atoms with Gasteiger partial charge in [0.05, 0.1) is 0 Å². The van der Waals surface area contributed by atoms with E-state index in [1.807, 2.05) is 0 Å². The van der Waals surface area contributed by atoms with Crippen LogP contribution in [0, 0.1) is 5.41 Å². The summed E-state index contributed by atoms with van der Waals surface area (Å²) in [4.78, 5) is 2.59. The molecule has 0 aliphatic carbocycles. The number of nitrogens with zero attached hydrogens (tertiary/aromatic N) is 1. The molecule has 0 spiro atoms. The summed E-state index contributed by atoms with van der Waals surface area (Å²) in [7, 11) is 0. The fourth-order valence-electron chi connectivity index (χ4n) is 2.80. The van der Waals surface area contributed by atoms with Gasteiger partial charge in [0.15, 0.2) is 0 Å². The average molecular weight is 238 g/mol. The minimum absolute atomic E-state index is 0.594. The Morgan fingerprint density at radius 1 is 1.29 bits per heavy atom. The molecular formula is C15H30N2. The number of hydrogen-bond acceptors (Lipinski definition) is 2. The zero-order valence-corrected chi connectivity index (χ0v) is 12.0. The maximum absolute atomic E-state index is 4.19. The molecule has 1 aliphatic rings. The van der Waals surface area contributed by atoms with Gasteiger partial charge in [0.1, 0.15) is 0 Å². The highest BCUT2D eigenvalue weighted by molar-refractivity contribution is 5.02. The molecule has 0 saturated carbocycles. The van der Waals surface area contributed by atoms with E-state index in [4.69, 9.17) is 0 Å². The Labute approximate surface area is 107 Å². The topological polar surface area (TPSA) is 15.3 Å². The van der Waals surface area contributed by atoms with Gasteiger partial charge in [-0.15, -0.1) is 0 Å². The van der Waals surface area contributed by atoms with E-state index in [1.54, 1.807) is 0 Å². The van der Waals surface area contributed by atoms with E-state index in [0.717, 1.165) is 19.6 Å². The van der Waals surface area contributed by atoms with Crippen LogP contribution in [0.25, 0.3) is 0 Å². The molecule has 1 N–H and O–H groups in total. The van der Waals surface area contributed by atoms with Gasteiger partial charge in [-0.3, -0.25) is 4.90 Å². The van der Waals surface area contributed by atoms with Gasteiger partial charge >= 0.3 is 0 Å². The molecule has 0 aromatic carbocycles. The second-order valence-corrected chi connectivity index (χ2v) is 5.59. The third-order valence-electron chi connectivity index (χ3n) is 4.27. The van der Waals surface area contributed by atoms with E-state index in [9.17, 15) is 0 Å². The molecule has 17 heavy (non-hydrogen) atoms. The van der Waals surface area contributed by atoms with Gasteiger partial charge in [-0.1, -0.05) is 27.4 Å². The van der Waals surface area contributed by atoms with Crippen LogP contribution in [-0.2, 0) is 0 Å². The molecule has 1 heterocycles. The highest BCUT2D eigenvalue weighted by atomic mass is 15.2. The zero-order valence-electron chi connectivity index (χ0n) is 12.0.